The SMILES string of the molecule is CCn1ccc(CNCc2ccn(CC(F)F)n2)n1.Cl. The molecule has 1 N–H and O–H groups in total. The van der Waals surface area contributed by atoms with Gasteiger partial charge in [0.25, 0.3) is 6.43 Å². The van der Waals surface area contributed by atoms with Crippen LogP contribution in [0.4, 0.5) is 8.78 Å². The molecule has 0 saturated carbocycles. The highest BCUT2D eigenvalue weighted by Gasteiger charge is 2.05. The van der Waals surface area contributed by atoms with Crippen LogP contribution in [0.5, 0.6) is 0 Å². The number of rotatable bonds is 7. The maximum Gasteiger partial charge on any atom is 0.257 e. The molecule has 112 valence electrons. The Bertz CT molecular complexity index is 511. The Morgan fingerprint density at radius 2 is 1.65 bits per heavy atom. The van der Waals surface area contributed by atoms with E-state index in [1.165, 1.54) is 4.68 Å². The van der Waals surface area contributed by atoms with Gasteiger partial charge in [-0.05, 0) is 19.1 Å². The number of nitrogens with one attached hydrogen (secondary N) is 1. The summed E-state index contributed by atoms with van der Waals surface area (Å²) < 4.78 is 27.4. The highest BCUT2D eigenvalue weighted by molar-refractivity contribution is 5.85. The summed E-state index contributed by atoms with van der Waals surface area (Å²) >= 11 is 0. The third kappa shape index (κ3) is 4.90. The number of aryl methyl sites for hydroxylation is 1. The summed E-state index contributed by atoms with van der Waals surface area (Å²) in [6, 6.07) is 3.69. The predicted molar refractivity (Wildman–Crippen MR) is 73.9 cm³/mol. The van der Waals surface area contributed by atoms with Crippen molar-refractivity contribution in [3.05, 3.63) is 35.9 Å². The molecule has 0 aliphatic carbocycles. The van der Waals surface area contributed by atoms with Crippen molar-refractivity contribution in [1.82, 2.24) is 24.9 Å². The number of alkyl halides is 2. The highest BCUT2D eigenvalue weighted by atomic mass is 35.5. The number of halogens is 3. The van der Waals surface area contributed by atoms with E-state index in [0.29, 0.717) is 13.1 Å². The molecule has 0 radical (unpaired) electrons. The van der Waals surface area contributed by atoms with Crippen molar-refractivity contribution in [3.8, 4) is 0 Å². The summed E-state index contributed by atoms with van der Waals surface area (Å²) in [7, 11) is 0. The Morgan fingerprint density at radius 1 is 1.10 bits per heavy atom. The minimum Gasteiger partial charge on any atom is -0.305 e. The van der Waals surface area contributed by atoms with Crippen molar-refractivity contribution < 1.29 is 8.78 Å². The van der Waals surface area contributed by atoms with Crippen molar-refractivity contribution in [2.45, 2.75) is 39.5 Å². The minimum atomic E-state index is -2.38. The molecule has 2 aromatic heterocycles. The summed E-state index contributed by atoms with van der Waals surface area (Å²) in [5, 5.41) is 11.6. The maximum absolute atomic E-state index is 12.2. The Kier molecular flexibility index (Phi) is 6.60. The monoisotopic (exact) mass is 305 g/mol. The van der Waals surface area contributed by atoms with Gasteiger partial charge in [0.05, 0.1) is 11.4 Å². The second-order valence-electron chi connectivity index (χ2n) is 4.19. The van der Waals surface area contributed by atoms with Crippen molar-refractivity contribution >= 4 is 12.4 Å². The van der Waals surface area contributed by atoms with Gasteiger partial charge in [-0.15, -0.1) is 12.4 Å². The Balaban J connectivity index is 0.00000200. The lowest BCUT2D eigenvalue weighted by atomic mass is 10.4. The second kappa shape index (κ2) is 7.96. The largest absolute Gasteiger partial charge is 0.305 e. The molecule has 0 aliphatic rings. The quantitative estimate of drug-likeness (QED) is 0.852. The third-order valence-electron chi connectivity index (χ3n) is 2.65. The van der Waals surface area contributed by atoms with Crippen LogP contribution < -0.4 is 5.32 Å². The van der Waals surface area contributed by atoms with Crippen LogP contribution in [0.25, 0.3) is 0 Å². The zero-order valence-corrected chi connectivity index (χ0v) is 12.0. The van der Waals surface area contributed by atoms with Crippen molar-refractivity contribution in [3.63, 3.8) is 0 Å². The van der Waals surface area contributed by atoms with E-state index in [1.807, 2.05) is 23.9 Å². The summed E-state index contributed by atoms with van der Waals surface area (Å²) in [4.78, 5) is 0. The first-order chi connectivity index (χ1) is 9.17. The van der Waals surface area contributed by atoms with Crippen LogP contribution in [0.2, 0.25) is 0 Å². The zero-order chi connectivity index (χ0) is 13.7. The topological polar surface area (TPSA) is 47.7 Å². The summed E-state index contributed by atoms with van der Waals surface area (Å²) in [5.41, 5.74) is 1.70. The fraction of sp³-hybridized carbons (Fsp3) is 0.500. The molecule has 2 rings (SSSR count). The van der Waals surface area contributed by atoms with Crippen LogP contribution in [0.15, 0.2) is 24.5 Å². The lowest BCUT2D eigenvalue weighted by molar-refractivity contribution is 0.121. The van der Waals surface area contributed by atoms with E-state index < -0.39 is 6.43 Å². The van der Waals surface area contributed by atoms with E-state index in [1.54, 1.807) is 12.3 Å². The van der Waals surface area contributed by atoms with Gasteiger partial charge in [-0.25, -0.2) is 8.78 Å². The van der Waals surface area contributed by atoms with E-state index in [2.05, 4.69) is 15.5 Å². The van der Waals surface area contributed by atoms with Gasteiger partial charge >= 0.3 is 0 Å². The highest BCUT2D eigenvalue weighted by Crippen LogP contribution is 2.01. The number of hydrogen-bond donors (Lipinski definition) is 1. The first-order valence-corrected chi connectivity index (χ1v) is 6.21. The van der Waals surface area contributed by atoms with Gasteiger partial charge in [0.1, 0.15) is 6.54 Å². The maximum atomic E-state index is 12.2. The molecule has 0 spiro atoms. The average Bonchev–Trinajstić information content (AvgIpc) is 2.98. The Labute approximate surface area is 122 Å². The van der Waals surface area contributed by atoms with Gasteiger partial charge in [0.2, 0.25) is 0 Å². The van der Waals surface area contributed by atoms with Crippen LogP contribution >= 0.6 is 12.4 Å². The first kappa shape index (κ1) is 16.6. The molecule has 0 amide bonds. The van der Waals surface area contributed by atoms with E-state index >= 15 is 0 Å². The van der Waals surface area contributed by atoms with Crippen LogP contribution in [0, 0.1) is 0 Å². The van der Waals surface area contributed by atoms with Crippen molar-refractivity contribution in [2.24, 2.45) is 0 Å². The van der Waals surface area contributed by atoms with Crippen LogP contribution in [0.1, 0.15) is 18.3 Å². The van der Waals surface area contributed by atoms with Crippen molar-refractivity contribution in [2.75, 3.05) is 0 Å². The summed E-state index contributed by atoms with van der Waals surface area (Å²) in [6.07, 6.45) is 1.11. The molecule has 0 saturated heterocycles. The lowest BCUT2D eigenvalue weighted by Crippen LogP contribution is -2.14. The molecule has 0 aromatic carbocycles. The van der Waals surface area contributed by atoms with Gasteiger partial charge in [0, 0.05) is 32.0 Å². The van der Waals surface area contributed by atoms with Gasteiger partial charge in [-0.1, -0.05) is 0 Å². The van der Waals surface area contributed by atoms with E-state index in [0.717, 1.165) is 17.9 Å². The molecule has 5 nitrogen and oxygen atoms in total. The first-order valence-electron chi connectivity index (χ1n) is 6.21. The van der Waals surface area contributed by atoms with Crippen molar-refractivity contribution in [1.29, 1.82) is 0 Å². The number of hydrogen-bond acceptors (Lipinski definition) is 3. The van der Waals surface area contributed by atoms with Crippen LogP contribution in [-0.2, 0) is 26.2 Å². The minimum absolute atomic E-state index is 0. The molecule has 0 aliphatic heterocycles. The van der Waals surface area contributed by atoms with E-state index in [9.17, 15) is 8.78 Å². The Morgan fingerprint density at radius 3 is 2.15 bits per heavy atom. The molecule has 0 atom stereocenters. The standard InChI is InChI=1S/C12H17F2N5.ClH/c1-2-18-5-3-10(16-18)7-15-8-11-4-6-19(17-11)9-12(13)14;/h3-6,12,15H,2,7-9H2,1H3;1H. The number of nitrogens with zero attached hydrogens (tertiary/aromatic N) is 4. The predicted octanol–water partition coefficient (Wildman–Crippen LogP) is 2.08. The summed E-state index contributed by atoms with van der Waals surface area (Å²) in [5.74, 6) is 0. The molecule has 2 aromatic rings. The van der Waals surface area contributed by atoms with Crippen LogP contribution in [-0.4, -0.2) is 26.0 Å². The molecular weight excluding hydrogens is 288 g/mol. The normalized spacial score (nSPS) is 10.8. The Hall–Kier alpha value is -1.47. The molecule has 0 fully saturated rings. The average molecular weight is 306 g/mol. The molecular formula is C12H18ClF2N5. The molecule has 0 bridgehead atoms. The number of aromatic nitrogens is 4. The van der Waals surface area contributed by atoms with Gasteiger partial charge in [-0.2, -0.15) is 10.2 Å². The molecule has 20 heavy (non-hydrogen) atoms. The van der Waals surface area contributed by atoms with Gasteiger partial charge < -0.3 is 5.32 Å². The van der Waals surface area contributed by atoms with E-state index in [4.69, 9.17) is 0 Å². The molecule has 0 unspecified atom stereocenters. The second-order valence-corrected chi connectivity index (χ2v) is 4.19. The van der Waals surface area contributed by atoms with Gasteiger partial charge in [0.15, 0.2) is 0 Å². The molecule has 8 heteroatoms. The fourth-order valence-corrected chi connectivity index (χ4v) is 1.73. The lowest BCUT2D eigenvalue weighted by Gasteiger charge is -2.01. The van der Waals surface area contributed by atoms with E-state index in [-0.39, 0.29) is 19.0 Å². The third-order valence-corrected chi connectivity index (χ3v) is 2.65. The summed E-state index contributed by atoms with van der Waals surface area (Å²) in [6.45, 7) is 3.68. The molecule has 2 heterocycles. The fourth-order valence-electron chi connectivity index (χ4n) is 1.73. The zero-order valence-electron chi connectivity index (χ0n) is 11.2. The van der Waals surface area contributed by atoms with Crippen LogP contribution in [0.3, 0.4) is 0 Å². The van der Waals surface area contributed by atoms with Gasteiger partial charge in [-0.3, -0.25) is 9.36 Å². The smallest absolute Gasteiger partial charge is 0.257 e.